The van der Waals surface area contributed by atoms with Crippen molar-refractivity contribution < 1.29 is 18.7 Å². The van der Waals surface area contributed by atoms with E-state index in [9.17, 15) is 9.59 Å². The molecule has 0 spiro atoms. The number of hydrogen-bond acceptors (Lipinski definition) is 6. The summed E-state index contributed by atoms with van der Waals surface area (Å²) in [4.78, 5) is 25.7. The number of ether oxygens (including phenoxy) is 1. The summed E-state index contributed by atoms with van der Waals surface area (Å²) < 4.78 is 10.5. The summed E-state index contributed by atoms with van der Waals surface area (Å²) in [5.41, 5.74) is 1.22. The van der Waals surface area contributed by atoms with E-state index in [0.29, 0.717) is 11.1 Å². The monoisotopic (exact) mass is 339 g/mol. The molecular weight excluding hydrogens is 322 g/mol. The van der Waals surface area contributed by atoms with Gasteiger partial charge in [-0.2, -0.15) is 10.5 Å². The number of benzene rings is 1. The lowest BCUT2D eigenvalue weighted by molar-refractivity contribution is -0.134. The van der Waals surface area contributed by atoms with Gasteiger partial charge in [0.2, 0.25) is 5.76 Å². The molecule has 0 radical (unpaired) electrons. The Balaban J connectivity index is 2.01. The molecule has 128 valence electrons. The van der Waals surface area contributed by atoms with E-state index in [1.54, 1.807) is 19.1 Å². The van der Waals surface area contributed by atoms with Crippen molar-refractivity contribution in [3.8, 4) is 12.1 Å². The Morgan fingerprint density at radius 3 is 2.40 bits per heavy atom. The van der Waals surface area contributed by atoms with Gasteiger partial charge in [-0.3, -0.25) is 4.79 Å². The molecule has 0 fully saturated rings. The summed E-state index contributed by atoms with van der Waals surface area (Å²) in [6, 6.07) is 11.1. The van der Waals surface area contributed by atoms with Crippen LogP contribution in [0.1, 0.15) is 29.0 Å². The summed E-state index contributed by atoms with van der Waals surface area (Å²) in [5, 5.41) is 18.1. The molecule has 0 aliphatic rings. The molecular formula is C18H17N3O4. The van der Waals surface area contributed by atoms with Crippen LogP contribution in [-0.4, -0.2) is 36.5 Å². The Labute approximate surface area is 145 Å². The van der Waals surface area contributed by atoms with Crippen LogP contribution < -0.4 is 0 Å². The Hall–Kier alpha value is -3.32. The fraction of sp³-hybridized carbons (Fsp3) is 0.333. The highest BCUT2D eigenvalue weighted by Gasteiger charge is 2.21. The summed E-state index contributed by atoms with van der Waals surface area (Å²) in [6.45, 7) is 1.67. The zero-order valence-corrected chi connectivity index (χ0v) is 13.8. The molecule has 0 bridgehead atoms. The van der Waals surface area contributed by atoms with E-state index in [1.165, 1.54) is 4.90 Å². The number of para-hydroxylation sites is 1. The first-order chi connectivity index (χ1) is 12.1. The molecule has 2 aromatic rings. The van der Waals surface area contributed by atoms with Crippen molar-refractivity contribution in [3.63, 3.8) is 0 Å². The second-order valence-electron chi connectivity index (χ2n) is 5.33. The van der Waals surface area contributed by atoms with Crippen LogP contribution in [0.2, 0.25) is 0 Å². The third kappa shape index (κ3) is 4.36. The molecule has 25 heavy (non-hydrogen) atoms. The third-order valence-corrected chi connectivity index (χ3v) is 3.70. The van der Waals surface area contributed by atoms with Crippen molar-refractivity contribution in [2.45, 2.75) is 19.8 Å². The lowest BCUT2D eigenvalue weighted by Crippen LogP contribution is -2.36. The molecule has 7 nitrogen and oxygen atoms in total. The van der Waals surface area contributed by atoms with Crippen LogP contribution in [0.4, 0.5) is 0 Å². The summed E-state index contributed by atoms with van der Waals surface area (Å²) in [5.74, 6) is -1.11. The fourth-order valence-corrected chi connectivity index (χ4v) is 2.38. The molecule has 1 heterocycles. The molecule has 0 atom stereocenters. The van der Waals surface area contributed by atoms with Crippen LogP contribution in [0, 0.1) is 29.6 Å². The minimum absolute atomic E-state index is 0.0644. The van der Waals surface area contributed by atoms with Crippen molar-refractivity contribution >= 4 is 22.8 Å². The molecule has 1 amide bonds. The van der Waals surface area contributed by atoms with Crippen LogP contribution >= 0.6 is 0 Å². The number of nitriles is 2. The van der Waals surface area contributed by atoms with Gasteiger partial charge in [0.15, 0.2) is 6.61 Å². The first-order valence-corrected chi connectivity index (χ1v) is 7.75. The highest BCUT2D eigenvalue weighted by Crippen LogP contribution is 2.25. The average Bonchev–Trinajstić information content (AvgIpc) is 2.97. The number of fused-ring (bicyclic) bond motifs is 1. The molecule has 0 N–H and O–H groups in total. The number of carbonyl (C=O) groups is 2. The van der Waals surface area contributed by atoms with Gasteiger partial charge in [-0.25, -0.2) is 4.79 Å². The van der Waals surface area contributed by atoms with Crippen molar-refractivity contribution in [1.29, 1.82) is 10.5 Å². The lowest BCUT2D eigenvalue weighted by Gasteiger charge is -2.19. The van der Waals surface area contributed by atoms with Gasteiger partial charge in [-0.15, -0.1) is 0 Å². The molecule has 0 saturated heterocycles. The second-order valence-corrected chi connectivity index (χ2v) is 5.33. The van der Waals surface area contributed by atoms with E-state index in [0.717, 1.165) is 5.39 Å². The van der Waals surface area contributed by atoms with Crippen LogP contribution in [0.25, 0.3) is 11.0 Å². The Morgan fingerprint density at radius 1 is 1.16 bits per heavy atom. The topological polar surface area (TPSA) is 107 Å². The average molecular weight is 339 g/mol. The second kappa shape index (κ2) is 8.51. The lowest BCUT2D eigenvalue weighted by atomic mass is 10.1. The van der Waals surface area contributed by atoms with E-state index < -0.39 is 18.5 Å². The van der Waals surface area contributed by atoms with Crippen LogP contribution in [-0.2, 0) is 9.53 Å². The Bertz CT molecular complexity index is 839. The maximum atomic E-state index is 12.2. The minimum atomic E-state index is -0.720. The smallest absolute Gasteiger partial charge is 0.375 e. The fourth-order valence-electron chi connectivity index (χ4n) is 2.38. The highest BCUT2D eigenvalue weighted by molar-refractivity contribution is 5.96. The standard InChI is InChI=1S/C18H17N3O4/c1-13-14-6-2-3-7-15(14)25-17(13)18(23)24-12-16(22)21(10-4-8-19)11-5-9-20/h2-3,6-7H,4-5,10-12H2,1H3. The van der Waals surface area contributed by atoms with Crippen molar-refractivity contribution in [1.82, 2.24) is 4.90 Å². The Kier molecular flexibility index (Phi) is 6.14. The number of nitrogens with zero attached hydrogens (tertiary/aromatic N) is 3. The molecule has 0 aliphatic carbocycles. The number of furan rings is 1. The van der Waals surface area contributed by atoms with Gasteiger partial charge in [0, 0.05) is 24.0 Å². The maximum Gasteiger partial charge on any atom is 0.375 e. The van der Waals surface area contributed by atoms with E-state index in [2.05, 4.69) is 0 Å². The van der Waals surface area contributed by atoms with E-state index in [1.807, 2.05) is 24.3 Å². The van der Waals surface area contributed by atoms with E-state index in [-0.39, 0.29) is 31.7 Å². The minimum Gasteiger partial charge on any atom is -0.450 e. The molecule has 0 saturated carbocycles. The normalized spacial score (nSPS) is 10.0. The Morgan fingerprint density at radius 2 is 1.80 bits per heavy atom. The quantitative estimate of drug-likeness (QED) is 0.717. The number of rotatable bonds is 7. The third-order valence-electron chi connectivity index (χ3n) is 3.70. The van der Waals surface area contributed by atoms with Crippen molar-refractivity contribution in [2.24, 2.45) is 0 Å². The van der Waals surface area contributed by atoms with E-state index >= 15 is 0 Å². The highest BCUT2D eigenvalue weighted by atomic mass is 16.5. The zero-order chi connectivity index (χ0) is 18.2. The van der Waals surface area contributed by atoms with E-state index in [4.69, 9.17) is 19.7 Å². The van der Waals surface area contributed by atoms with Crippen LogP contribution in [0.3, 0.4) is 0 Å². The molecule has 7 heteroatoms. The predicted octanol–water partition coefficient (Wildman–Crippen LogP) is 2.55. The molecule has 1 aromatic carbocycles. The van der Waals surface area contributed by atoms with Crippen molar-refractivity contribution in [3.05, 3.63) is 35.6 Å². The SMILES string of the molecule is Cc1c(C(=O)OCC(=O)N(CCC#N)CCC#N)oc2ccccc12. The van der Waals surface area contributed by atoms with Gasteiger partial charge in [0.25, 0.3) is 5.91 Å². The molecule has 2 rings (SSSR count). The summed E-state index contributed by atoms with van der Waals surface area (Å²) >= 11 is 0. The van der Waals surface area contributed by atoms with Gasteiger partial charge >= 0.3 is 5.97 Å². The number of hydrogen-bond donors (Lipinski definition) is 0. The molecule has 1 aromatic heterocycles. The summed E-state index contributed by atoms with van der Waals surface area (Å²) in [6.07, 6.45) is 0.293. The number of carbonyl (C=O) groups excluding carboxylic acids is 2. The molecule has 0 unspecified atom stereocenters. The van der Waals surface area contributed by atoms with Gasteiger partial charge in [0.1, 0.15) is 5.58 Å². The number of amides is 1. The summed E-state index contributed by atoms with van der Waals surface area (Å²) in [7, 11) is 0. The van der Waals surface area contributed by atoms with Gasteiger partial charge in [-0.05, 0) is 13.0 Å². The number of aryl methyl sites for hydroxylation is 1. The predicted molar refractivity (Wildman–Crippen MR) is 88.3 cm³/mol. The first kappa shape index (κ1) is 18.0. The van der Waals surface area contributed by atoms with Gasteiger partial charge in [-0.1, -0.05) is 18.2 Å². The molecule has 0 aliphatic heterocycles. The van der Waals surface area contributed by atoms with Crippen LogP contribution in [0.15, 0.2) is 28.7 Å². The zero-order valence-electron chi connectivity index (χ0n) is 13.8. The first-order valence-electron chi connectivity index (χ1n) is 7.75. The van der Waals surface area contributed by atoms with Gasteiger partial charge in [0.05, 0.1) is 25.0 Å². The largest absolute Gasteiger partial charge is 0.450 e. The maximum absolute atomic E-state index is 12.2. The van der Waals surface area contributed by atoms with Crippen molar-refractivity contribution in [2.75, 3.05) is 19.7 Å². The number of esters is 1. The van der Waals surface area contributed by atoms with Crippen LogP contribution in [0.5, 0.6) is 0 Å². The van der Waals surface area contributed by atoms with Gasteiger partial charge < -0.3 is 14.1 Å².